The largest absolute Gasteiger partial charge is 0.383 e. The summed E-state index contributed by atoms with van der Waals surface area (Å²) in [7, 11) is -3.60. The quantitative estimate of drug-likeness (QED) is 0.881. The van der Waals surface area contributed by atoms with Crippen LogP contribution in [0.1, 0.15) is 0 Å². The van der Waals surface area contributed by atoms with E-state index in [1.54, 1.807) is 12.1 Å². The molecule has 7 heteroatoms. The highest BCUT2D eigenvalue weighted by Crippen LogP contribution is 2.25. The van der Waals surface area contributed by atoms with Gasteiger partial charge in [0, 0.05) is 4.47 Å². The molecule has 0 aliphatic rings. The number of sulfone groups is 1. The van der Waals surface area contributed by atoms with Crippen molar-refractivity contribution in [2.75, 3.05) is 5.73 Å². The van der Waals surface area contributed by atoms with Crippen molar-refractivity contribution < 1.29 is 8.42 Å². The van der Waals surface area contributed by atoms with Crippen molar-refractivity contribution in [2.45, 2.75) is 9.79 Å². The fourth-order valence-electron chi connectivity index (χ4n) is 1.26. The van der Waals surface area contributed by atoms with Crippen LogP contribution in [0.4, 0.5) is 5.82 Å². The molecule has 0 bridgehead atoms. The Bertz CT molecular complexity index is 621. The highest BCUT2D eigenvalue weighted by atomic mass is 79.9. The van der Waals surface area contributed by atoms with Crippen LogP contribution in [0.2, 0.25) is 0 Å². The zero-order valence-electron chi connectivity index (χ0n) is 8.01. The van der Waals surface area contributed by atoms with Crippen molar-refractivity contribution in [3.05, 3.63) is 34.9 Å². The average Bonchev–Trinajstić information content (AvgIpc) is 2.65. The molecule has 2 aromatic rings. The molecule has 3 N–H and O–H groups in total. The van der Waals surface area contributed by atoms with Crippen LogP contribution < -0.4 is 5.73 Å². The van der Waals surface area contributed by atoms with Gasteiger partial charge in [0.25, 0.3) is 0 Å². The smallest absolute Gasteiger partial charge is 0.211 e. The molecular formula is C9H8BrN3O2S. The Morgan fingerprint density at radius 2 is 2.12 bits per heavy atom. The zero-order chi connectivity index (χ0) is 11.8. The summed E-state index contributed by atoms with van der Waals surface area (Å²) in [6.45, 7) is 0. The van der Waals surface area contributed by atoms with E-state index in [-0.39, 0.29) is 15.6 Å². The first-order valence-electron chi connectivity index (χ1n) is 4.31. The van der Waals surface area contributed by atoms with E-state index in [1.165, 1.54) is 18.3 Å². The molecule has 0 amide bonds. The van der Waals surface area contributed by atoms with Gasteiger partial charge in [-0.3, -0.25) is 5.10 Å². The van der Waals surface area contributed by atoms with E-state index in [0.717, 1.165) is 0 Å². The molecule has 5 nitrogen and oxygen atoms in total. The Labute approximate surface area is 101 Å². The molecule has 1 heterocycles. The average molecular weight is 302 g/mol. The van der Waals surface area contributed by atoms with E-state index >= 15 is 0 Å². The predicted molar refractivity (Wildman–Crippen MR) is 62.6 cm³/mol. The van der Waals surface area contributed by atoms with Crippen molar-refractivity contribution in [1.29, 1.82) is 0 Å². The maximum atomic E-state index is 12.1. The number of aromatic nitrogens is 2. The second kappa shape index (κ2) is 3.91. The van der Waals surface area contributed by atoms with Crippen LogP contribution in [0.15, 0.2) is 44.7 Å². The highest BCUT2D eigenvalue weighted by molar-refractivity contribution is 9.10. The van der Waals surface area contributed by atoms with E-state index < -0.39 is 9.84 Å². The molecule has 2 rings (SSSR count). The van der Waals surface area contributed by atoms with E-state index in [2.05, 4.69) is 26.1 Å². The summed E-state index contributed by atoms with van der Waals surface area (Å²) >= 11 is 3.22. The Morgan fingerprint density at radius 3 is 2.69 bits per heavy atom. The molecule has 0 saturated heterocycles. The molecule has 0 aliphatic carbocycles. The number of nitrogens with one attached hydrogen (secondary N) is 1. The fraction of sp³-hybridized carbons (Fsp3) is 0. The number of hydrogen-bond acceptors (Lipinski definition) is 4. The summed E-state index contributed by atoms with van der Waals surface area (Å²) in [5.74, 6) is 0.0416. The number of nitrogens with zero attached hydrogens (tertiary/aromatic N) is 1. The third-order valence-electron chi connectivity index (χ3n) is 2.03. The van der Waals surface area contributed by atoms with Gasteiger partial charge >= 0.3 is 0 Å². The van der Waals surface area contributed by atoms with Gasteiger partial charge in [-0.1, -0.05) is 22.0 Å². The van der Waals surface area contributed by atoms with E-state index in [0.29, 0.717) is 4.47 Å². The van der Waals surface area contributed by atoms with Gasteiger partial charge in [-0.05, 0) is 18.2 Å². The number of halogens is 1. The molecule has 0 saturated carbocycles. The van der Waals surface area contributed by atoms with Crippen LogP contribution in [-0.4, -0.2) is 18.6 Å². The van der Waals surface area contributed by atoms with Gasteiger partial charge in [-0.2, -0.15) is 5.10 Å². The Morgan fingerprint density at radius 1 is 1.38 bits per heavy atom. The van der Waals surface area contributed by atoms with Gasteiger partial charge in [-0.25, -0.2) is 8.42 Å². The Balaban J connectivity index is 2.61. The topological polar surface area (TPSA) is 88.8 Å². The first-order valence-corrected chi connectivity index (χ1v) is 6.59. The molecule has 1 aromatic carbocycles. The first-order chi connectivity index (χ1) is 7.51. The normalized spacial score (nSPS) is 11.6. The predicted octanol–water partition coefficient (Wildman–Crippen LogP) is 1.59. The lowest BCUT2D eigenvalue weighted by atomic mass is 10.4. The van der Waals surface area contributed by atoms with Gasteiger partial charge in [0.15, 0.2) is 0 Å². The van der Waals surface area contributed by atoms with Crippen molar-refractivity contribution in [3.8, 4) is 0 Å². The number of rotatable bonds is 2. The second-order valence-electron chi connectivity index (χ2n) is 3.11. The van der Waals surface area contributed by atoms with Gasteiger partial charge in [0.1, 0.15) is 10.7 Å². The summed E-state index contributed by atoms with van der Waals surface area (Å²) < 4.78 is 24.9. The first kappa shape index (κ1) is 11.2. The molecule has 0 radical (unpaired) electrons. The molecule has 0 fully saturated rings. The molecule has 0 unspecified atom stereocenters. The van der Waals surface area contributed by atoms with Crippen molar-refractivity contribution in [2.24, 2.45) is 0 Å². The summed E-state index contributed by atoms with van der Waals surface area (Å²) in [6, 6.07) is 6.42. The number of benzene rings is 1. The van der Waals surface area contributed by atoms with Crippen molar-refractivity contribution in [1.82, 2.24) is 10.2 Å². The molecule has 1 aromatic heterocycles. The van der Waals surface area contributed by atoms with Crippen LogP contribution >= 0.6 is 15.9 Å². The van der Waals surface area contributed by atoms with Crippen LogP contribution in [0.5, 0.6) is 0 Å². The SMILES string of the molecule is Nc1[nH]ncc1S(=O)(=O)c1cccc(Br)c1. The van der Waals surface area contributed by atoms with Gasteiger partial charge in [0.05, 0.1) is 11.1 Å². The van der Waals surface area contributed by atoms with E-state index in [4.69, 9.17) is 5.73 Å². The molecule has 16 heavy (non-hydrogen) atoms. The van der Waals surface area contributed by atoms with Gasteiger partial charge in [0.2, 0.25) is 9.84 Å². The maximum Gasteiger partial charge on any atom is 0.211 e. The monoisotopic (exact) mass is 301 g/mol. The lowest BCUT2D eigenvalue weighted by molar-refractivity contribution is 0.596. The highest BCUT2D eigenvalue weighted by Gasteiger charge is 2.22. The minimum absolute atomic E-state index is 0.00870. The Hall–Kier alpha value is -1.34. The molecule has 0 aliphatic heterocycles. The summed E-state index contributed by atoms with van der Waals surface area (Å²) in [4.78, 5) is 0.167. The standard InChI is InChI=1S/C9H8BrN3O2S/c10-6-2-1-3-7(4-6)16(14,15)8-5-12-13-9(8)11/h1-5H,(H3,11,12,13). The van der Waals surface area contributed by atoms with Crippen LogP contribution in [-0.2, 0) is 9.84 Å². The third-order valence-corrected chi connectivity index (χ3v) is 4.30. The summed E-state index contributed by atoms with van der Waals surface area (Å²) in [5.41, 5.74) is 5.49. The second-order valence-corrected chi connectivity index (χ2v) is 5.94. The van der Waals surface area contributed by atoms with Crippen LogP contribution in [0.3, 0.4) is 0 Å². The van der Waals surface area contributed by atoms with Gasteiger partial charge in [-0.15, -0.1) is 0 Å². The molecular weight excluding hydrogens is 294 g/mol. The summed E-state index contributed by atoms with van der Waals surface area (Å²) in [6.07, 6.45) is 1.20. The summed E-state index contributed by atoms with van der Waals surface area (Å²) in [5, 5.41) is 5.99. The third kappa shape index (κ3) is 1.83. The van der Waals surface area contributed by atoms with Crippen molar-refractivity contribution in [3.63, 3.8) is 0 Å². The number of nitrogens with two attached hydrogens (primary N) is 1. The molecule has 0 spiro atoms. The van der Waals surface area contributed by atoms with E-state index in [9.17, 15) is 8.42 Å². The Kier molecular flexibility index (Phi) is 2.73. The minimum atomic E-state index is -3.60. The number of hydrogen-bond donors (Lipinski definition) is 2. The van der Waals surface area contributed by atoms with Gasteiger partial charge < -0.3 is 5.73 Å². The van der Waals surface area contributed by atoms with Crippen molar-refractivity contribution >= 4 is 31.6 Å². The maximum absolute atomic E-state index is 12.1. The molecule has 0 atom stereocenters. The van der Waals surface area contributed by atoms with E-state index in [1.807, 2.05) is 0 Å². The lowest BCUT2D eigenvalue weighted by Crippen LogP contribution is -2.03. The number of aromatic amines is 1. The minimum Gasteiger partial charge on any atom is -0.383 e. The number of H-pyrrole nitrogens is 1. The zero-order valence-corrected chi connectivity index (χ0v) is 10.4. The number of anilines is 1. The fourth-order valence-corrected chi connectivity index (χ4v) is 3.13. The lowest BCUT2D eigenvalue weighted by Gasteiger charge is -2.02. The number of nitrogen functional groups attached to an aromatic ring is 1. The van der Waals surface area contributed by atoms with Crippen LogP contribution in [0.25, 0.3) is 0 Å². The molecule has 84 valence electrons. The van der Waals surface area contributed by atoms with Crippen LogP contribution in [0, 0.1) is 0 Å².